The number of piperidine rings is 1. The van der Waals surface area contributed by atoms with Crippen LogP contribution in [0.1, 0.15) is 26.2 Å². The van der Waals surface area contributed by atoms with Gasteiger partial charge in [0.2, 0.25) is 11.8 Å². The van der Waals surface area contributed by atoms with E-state index in [0.717, 1.165) is 31.9 Å². The van der Waals surface area contributed by atoms with Crippen molar-refractivity contribution in [3.05, 3.63) is 30.3 Å². The minimum absolute atomic E-state index is 0. The number of hydrogen-bond donors (Lipinski definition) is 2. The average molecular weight is 445 g/mol. The minimum atomic E-state index is -0.000558. The summed E-state index contributed by atoms with van der Waals surface area (Å²) in [7, 11) is 0. The zero-order chi connectivity index (χ0) is 19.1. The molecule has 1 aromatic rings. The molecule has 2 amide bonds. The van der Waals surface area contributed by atoms with Crippen molar-refractivity contribution in [2.45, 2.75) is 26.2 Å². The molecule has 2 aliphatic heterocycles. The Labute approximate surface area is 186 Å². The topological polar surface area (TPSA) is 64.7 Å². The molecular weight excluding hydrogens is 411 g/mol. The number of amides is 2. The molecule has 1 aromatic carbocycles. The summed E-state index contributed by atoms with van der Waals surface area (Å²) in [6.07, 6.45) is 3.08. The van der Waals surface area contributed by atoms with Gasteiger partial charge in [0.1, 0.15) is 0 Å². The molecule has 29 heavy (non-hydrogen) atoms. The number of halogens is 2. The molecule has 2 saturated heterocycles. The molecule has 0 radical (unpaired) electrons. The van der Waals surface area contributed by atoms with E-state index >= 15 is 0 Å². The standard InChI is InChI=1S/C21H32N4O2.2ClH/c1-17(18-6-5-9-22-15-18)14-21(27)25-12-10-24(11-13-25)16-20(26)23-19-7-3-2-4-8-19;;/h2-4,7-8,17-18,22H,5-6,9-16H2,1H3,(H,23,26);2*1H. The van der Waals surface area contributed by atoms with Crippen molar-refractivity contribution in [3.8, 4) is 0 Å². The van der Waals surface area contributed by atoms with Gasteiger partial charge in [0.15, 0.2) is 0 Å². The van der Waals surface area contributed by atoms with Gasteiger partial charge < -0.3 is 15.5 Å². The lowest BCUT2D eigenvalue weighted by molar-refractivity contribution is -0.134. The maximum Gasteiger partial charge on any atom is 0.238 e. The van der Waals surface area contributed by atoms with Crippen LogP contribution in [0.2, 0.25) is 0 Å². The molecule has 6 nitrogen and oxygen atoms in total. The lowest BCUT2D eigenvalue weighted by atomic mass is 9.85. The monoisotopic (exact) mass is 444 g/mol. The van der Waals surface area contributed by atoms with E-state index in [9.17, 15) is 9.59 Å². The Kier molecular flexibility index (Phi) is 11.6. The van der Waals surface area contributed by atoms with Crippen molar-refractivity contribution in [1.29, 1.82) is 0 Å². The highest BCUT2D eigenvalue weighted by Gasteiger charge is 2.26. The van der Waals surface area contributed by atoms with E-state index in [-0.39, 0.29) is 36.6 Å². The third-order valence-corrected chi connectivity index (χ3v) is 5.79. The second-order valence-electron chi connectivity index (χ2n) is 7.86. The molecule has 0 spiro atoms. The first-order valence-corrected chi connectivity index (χ1v) is 10.2. The fourth-order valence-electron chi connectivity index (χ4n) is 4.02. The van der Waals surface area contributed by atoms with Gasteiger partial charge in [-0.3, -0.25) is 14.5 Å². The van der Waals surface area contributed by atoms with Gasteiger partial charge in [0.05, 0.1) is 6.54 Å². The molecule has 2 heterocycles. The fraction of sp³-hybridized carbons (Fsp3) is 0.619. The van der Waals surface area contributed by atoms with Gasteiger partial charge in [0.25, 0.3) is 0 Å². The maximum absolute atomic E-state index is 12.6. The van der Waals surface area contributed by atoms with Gasteiger partial charge in [0, 0.05) is 38.3 Å². The molecule has 0 saturated carbocycles. The van der Waals surface area contributed by atoms with Crippen LogP contribution >= 0.6 is 24.8 Å². The first-order valence-electron chi connectivity index (χ1n) is 10.2. The number of hydrogen-bond acceptors (Lipinski definition) is 4. The summed E-state index contributed by atoms with van der Waals surface area (Å²) in [4.78, 5) is 28.9. The van der Waals surface area contributed by atoms with Crippen molar-refractivity contribution >= 4 is 42.3 Å². The van der Waals surface area contributed by atoms with E-state index in [0.29, 0.717) is 37.9 Å². The molecule has 0 aromatic heterocycles. The van der Waals surface area contributed by atoms with E-state index in [4.69, 9.17) is 0 Å². The van der Waals surface area contributed by atoms with Gasteiger partial charge in [-0.1, -0.05) is 25.1 Å². The van der Waals surface area contributed by atoms with Gasteiger partial charge in [-0.05, 0) is 49.9 Å². The van der Waals surface area contributed by atoms with E-state index in [2.05, 4.69) is 22.5 Å². The normalized spacial score (nSPS) is 20.7. The summed E-state index contributed by atoms with van der Waals surface area (Å²) in [5.74, 6) is 1.31. The quantitative estimate of drug-likeness (QED) is 0.707. The first-order chi connectivity index (χ1) is 13.1. The number of anilines is 1. The minimum Gasteiger partial charge on any atom is -0.340 e. The zero-order valence-electron chi connectivity index (χ0n) is 17.1. The Morgan fingerprint density at radius 2 is 1.83 bits per heavy atom. The van der Waals surface area contributed by atoms with Gasteiger partial charge in [-0.25, -0.2) is 0 Å². The number of para-hydroxylation sites is 1. The van der Waals surface area contributed by atoms with Crippen molar-refractivity contribution < 1.29 is 9.59 Å². The SMILES string of the molecule is CC(CC(=O)N1CCN(CC(=O)Nc2ccccc2)CC1)C1CCCNC1.Cl.Cl. The summed E-state index contributed by atoms with van der Waals surface area (Å²) < 4.78 is 0. The molecule has 2 aliphatic rings. The van der Waals surface area contributed by atoms with Crippen molar-refractivity contribution in [2.75, 3.05) is 51.1 Å². The van der Waals surface area contributed by atoms with E-state index in [1.807, 2.05) is 35.2 Å². The van der Waals surface area contributed by atoms with Crippen LogP contribution in [-0.2, 0) is 9.59 Å². The molecule has 3 rings (SSSR count). The smallest absolute Gasteiger partial charge is 0.238 e. The van der Waals surface area contributed by atoms with Crippen LogP contribution < -0.4 is 10.6 Å². The zero-order valence-corrected chi connectivity index (χ0v) is 18.8. The largest absolute Gasteiger partial charge is 0.340 e. The molecule has 2 N–H and O–H groups in total. The number of carbonyl (C=O) groups is 2. The number of rotatable bonds is 6. The molecule has 2 fully saturated rings. The van der Waals surface area contributed by atoms with Crippen LogP contribution in [0, 0.1) is 11.8 Å². The Bertz CT molecular complexity index is 618. The number of nitrogens with zero attached hydrogens (tertiary/aromatic N) is 2. The highest BCUT2D eigenvalue weighted by Crippen LogP contribution is 2.23. The van der Waals surface area contributed by atoms with E-state index in [1.54, 1.807) is 0 Å². The summed E-state index contributed by atoms with van der Waals surface area (Å²) in [5, 5.41) is 6.36. The second kappa shape index (κ2) is 13.1. The number of nitrogens with one attached hydrogen (secondary N) is 2. The fourth-order valence-corrected chi connectivity index (χ4v) is 4.02. The Hall–Kier alpha value is -1.34. The molecule has 164 valence electrons. The van der Waals surface area contributed by atoms with Crippen LogP contribution in [0.15, 0.2) is 30.3 Å². The predicted octanol–water partition coefficient (Wildman–Crippen LogP) is 2.64. The molecule has 0 bridgehead atoms. The van der Waals surface area contributed by atoms with E-state index in [1.165, 1.54) is 12.8 Å². The number of piperazine rings is 1. The van der Waals surface area contributed by atoms with Crippen LogP contribution in [-0.4, -0.2) is 67.4 Å². The molecular formula is C21H34Cl2N4O2. The summed E-state index contributed by atoms with van der Waals surface area (Å²) in [6.45, 7) is 7.68. The Balaban J connectivity index is 0.00000210. The first kappa shape index (κ1) is 25.7. The van der Waals surface area contributed by atoms with Crippen molar-refractivity contribution in [2.24, 2.45) is 11.8 Å². The highest BCUT2D eigenvalue weighted by molar-refractivity contribution is 5.92. The number of benzene rings is 1. The predicted molar refractivity (Wildman–Crippen MR) is 122 cm³/mol. The molecule has 0 aliphatic carbocycles. The summed E-state index contributed by atoms with van der Waals surface area (Å²) >= 11 is 0. The van der Waals surface area contributed by atoms with Crippen LogP contribution in [0.25, 0.3) is 0 Å². The van der Waals surface area contributed by atoms with Gasteiger partial charge in [-0.15, -0.1) is 24.8 Å². The van der Waals surface area contributed by atoms with Gasteiger partial charge >= 0.3 is 0 Å². The van der Waals surface area contributed by atoms with Crippen molar-refractivity contribution in [3.63, 3.8) is 0 Å². The summed E-state index contributed by atoms with van der Waals surface area (Å²) in [5.41, 5.74) is 0.822. The van der Waals surface area contributed by atoms with Crippen molar-refractivity contribution in [1.82, 2.24) is 15.1 Å². The lowest BCUT2D eigenvalue weighted by Crippen LogP contribution is -2.50. The van der Waals surface area contributed by atoms with E-state index < -0.39 is 0 Å². The molecule has 2 atom stereocenters. The third-order valence-electron chi connectivity index (χ3n) is 5.79. The average Bonchev–Trinajstić information content (AvgIpc) is 2.70. The molecule has 2 unspecified atom stereocenters. The Morgan fingerprint density at radius 1 is 1.14 bits per heavy atom. The lowest BCUT2D eigenvalue weighted by Gasteiger charge is -2.36. The second-order valence-corrected chi connectivity index (χ2v) is 7.86. The maximum atomic E-state index is 12.6. The van der Waals surface area contributed by atoms with Gasteiger partial charge in [-0.2, -0.15) is 0 Å². The number of carbonyl (C=O) groups excluding carboxylic acids is 2. The van der Waals surface area contributed by atoms with Crippen LogP contribution in [0.3, 0.4) is 0 Å². The highest BCUT2D eigenvalue weighted by atomic mass is 35.5. The molecule has 8 heteroatoms. The Morgan fingerprint density at radius 3 is 2.45 bits per heavy atom. The summed E-state index contributed by atoms with van der Waals surface area (Å²) in [6, 6.07) is 9.52. The van der Waals surface area contributed by atoms with Crippen LogP contribution in [0.5, 0.6) is 0 Å². The van der Waals surface area contributed by atoms with Crippen LogP contribution in [0.4, 0.5) is 5.69 Å². The third kappa shape index (κ3) is 8.13.